The molecule has 13 heavy (non-hydrogen) atoms. The number of carboxylic acid groups (broad SMARTS) is 1. The van der Waals surface area contributed by atoms with Gasteiger partial charge in [0.25, 0.3) is 0 Å². The third-order valence-electron chi connectivity index (χ3n) is 1.60. The van der Waals surface area contributed by atoms with E-state index in [1.54, 1.807) is 6.92 Å². The molecule has 0 atom stereocenters. The monoisotopic (exact) mass is 263 g/mol. The van der Waals surface area contributed by atoms with Crippen LogP contribution in [0.5, 0.6) is 0 Å². The quantitative estimate of drug-likeness (QED) is 0.660. The fourth-order valence-electron chi connectivity index (χ4n) is 1.08. The highest BCUT2D eigenvalue weighted by Gasteiger charge is 2.14. The third kappa shape index (κ3) is 2.19. The second-order valence-electron chi connectivity index (χ2n) is 2.52. The number of pyridine rings is 1. The summed E-state index contributed by atoms with van der Waals surface area (Å²) in [5, 5.41) is 9.57. The Morgan fingerprint density at radius 3 is 2.85 bits per heavy atom. The van der Waals surface area contributed by atoms with Crippen LogP contribution in [0, 0.1) is 6.92 Å². The van der Waals surface area contributed by atoms with E-state index in [4.69, 9.17) is 16.7 Å². The van der Waals surface area contributed by atoms with Crippen LogP contribution < -0.4 is 0 Å². The van der Waals surface area contributed by atoms with Crippen LogP contribution >= 0.6 is 27.5 Å². The van der Waals surface area contributed by atoms with Gasteiger partial charge in [-0.05, 0) is 18.6 Å². The average Bonchev–Trinajstić information content (AvgIpc) is 2.01. The van der Waals surface area contributed by atoms with Gasteiger partial charge in [-0.15, -0.1) is 0 Å². The van der Waals surface area contributed by atoms with Crippen LogP contribution in [-0.2, 0) is 5.33 Å². The second-order valence-corrected chi connectivity index (χ2v) is 3.47. The standard InChI is InChI=1S/C8H7BrClNO2/c1-4-2-6(10)11-5(3-9)7(4)8(12)13/h2H,3H2,1H3,(H,12,13). The minimum atomic E-state index is -0.976. The molecule has 1 heterocycles. The first-order chi connectivity index (χ1) is 6.06. The highest BCUT2D eigenvalue weighted by atomic mass is 79.9. The lowest BCUT2D eigenvalue weighted by atomic mass is 10.1. The van der Waals surface area contributed by atoms with Gasteiger partial charge in [-0.25, -0.2) is 9.78 Å². The fourth-order valence-corrected chi connectivity index (χ4v) is 1.76. The van der Waals surface area contributed by atoms with Crippen molar-refractivity contribution in [1.82, 2.24) is 4.98 Å². The fraction of sp³-hybridized carbons (Fsp3) is 0.250. The molecule has 0 radical (unpaired) electrons. The maximum absolute atomic E-state index is 10.8. The van der Waals surface area contributed by atoms with E-state index in [1.807, 2.05) is 0 Å². The Kier molecular flexibility index (Phi) is 3.27. The van der Waals surface area contributed by atoms with Crippen molar-refractivity contribution in [2.75, 3.05) is 0 Å². The van der Waals surface area contributed by atoms with Crippen molar-refractivity contribution in [3.05, 3.63) is 28.0 Å². The number of rotatable bonds is 2. The first-order valence-corrected chi connectivity index (χ1v) is 5.01. The van der Waals surface area contributed by atoms with Crippen LogP contribution in [0.4, 0.5) is 0 Å². The summed E-state index contributed by atoms with van der Waals surface area (Å²) in [5.41, 5.74) is 1.31. The summed E-state index contributed by atoms with van der Waals surface area (Å²) >= 11 is 8.84. The third-order valence-corrected chi connectivity index (χ3v) is 2.33. The van der Waals surface area contributed by atoms with E-state index in [9.17, 15) is 4.79 Å². The molecule has 0 unspecified atom stereocenters. The number of aryl methyl sites for hydroxylation is 1. The molecule has 0 saturated carbocycles. The molecular weight excluding hydrogens is 257 g/mol. The van der Waals surface area contributed by atoms with Crippen LogP contribution in [0.25, 0.3) is 0 Å². The van der Waals surface area contributed by atoms with Crippen molar-refractivity contribution in [3.63, 3.8) is 0 Å². The number of hydrogen-bond acceptors (Lipinski definition) is 2. The van der Waals surface area contributed by atoms with Crippen molar-refractivity contribution in [2.45, 2.75) is 12.3 Å². The van der Waals surface area contributed by atoms with Gasteiger partial charge in [0.2, 0.25) is 0 Å². The van der Waals surface area contributed by atoms with E-state index in [2.05, 4.69) is 20.9 Å². The Balaban J connectivity index is 3.38. The van der Waals surface area contributed by atoms with E-state index < -0.39 is 5.97 Å². The molecule has 1 rings (SSSR count). The molecule has 0 spiro atoms. The molecule has 1 aromatic heterocycles. The Morgan fingerprint density at radius 2 is 2.38 bits per heavy atom. The number of carboxylic acids is 1. The SMILES string of the molecule is Cc1cc(Cl)nc(CBr)c1C(=O)O. The number of aromatic carboxylic acids is 1. The number of alkyl halides is 1. The number of carbonyl (C=O) groups is 1. The smallest absolute Gasteiger partial charge is 0.337 e. The lowest BCUT2D eigenvalue weighted by molar-refractivity contribution is 0.0694. The Bertz CT molecular complexity index is 354. The number of nitrogens with zero attached hydrogens (tertiary/aromatic N) is 1. The molecule has 0 aliphatic carbocycles. The molecule has 0 aromatic carbocycles. The Hall–Kier alpha value is -0.610. The van der Waals surface area contributed by atoms with Gasteiger partial charge in [-0.2, -0.15) is 0 Å². The lowest BCUT2D eigenvalue weighted by Crippen LogP contribution is -2.06. The molecule has 1 aromatic rings. The van der Waals surface area contributed by atoms with Crippen molar-refractivity contribution < 1.29 is 9.90 Å². The molecule has 1 N–H and O–H groups in total. The summed E-state index contributed by atoms with van der Waals surface area (Å²) in [6.07, 6.45) is 0. The zero-order valence-corrected chi connectivity index (χ0v) is 9.18. The first kappa shape index (κ1) is 10.5. The zero-order chi connectivity index (χ0) is 10.0. The van der Waals surface area contributed by atoms with Gasteiger partial charge < -0.3 is 5.11 Å². The number of aromatic nitrogens is 1. The molecule has 3 nitrogen and oxygen atoms in total. The molecule has 0 bridgehead atoms. The van der Waals surface area contributed by atoms with Crippen LogP contribution in [0.2, 0.25) is 5.15 Å². The highest BCUT2D eigenvalue weighted by molar-refractivity contribution is 9.08. The predicted octanol–water partition coefficient (Wildman–Crippen LogP) is 2.64. The van der Waals surface area contributed by atoms with E-state index in [-0.39, 0.29) is 5.56 Å². The lowest BCUT2D eigenvalue weighted by Gasteiger charge is -2.05. The summed E-state index contributed by atoms with van der Waals surface area (Å²) < 4.78 is 0. The van der Waals surface area contributed by atoms with E-state index in [0.29, 0.717) is 21.7 Å². The largest absolute Gasteiger partial charge is 0.478 e. The summed E-state index contributed by atoms with van der Waals surface area (Å²) in [7, 11) is 0. The van der Waals surface area contributed by atoms with Gasteiger partial charge in [0, 0.05) is 5.33 Å². The number of hydrogen-bond donors (Lipinski definition) is 1. The van der Waals surface area contributed by atoms with Crippen LogP contribution in [0.1, 0.15) is 21.6 Å². The first-order valence-electron chi connectivity index (χ1n) is 3.51. The molecule has 70 valence electrons. The minimum absolute atomic E-state index is 0.223. The minimum Gasteiger partial charge on any atom is -0.478 e. The predicted molar refractivity (Wildman–Crippen MR) is 53.6 cm³/mol. The van der Waals surface area contributed by atoms with Gasteiger partial charge in [0.05, 0.1) is 11.3 Å². The van der Waals surface area contributed by atoms with E-state index >= 15 is 0 Å². The van der Waals surface area contributed by atoms with Crippen molar-refractivity contribution >= 4 is 33.5 Å². The normalized spacial score (nSPS) is 10.1. The highest BCUT2D eigenvalue weighted by Crippen LogP contribution is 2.19. The maximum atomic E-state index is 10.8. The second kappa shape index (κ2) is 4.07. The summed E-state index contributed by atoms with van der Waals surface area (Å²) in [6, 6.07) is 1.54. The van der Waals surface area contributed by atoms with Gasteiger partial charge in [-0.1, -0.05) is 27.5 Å². The molecule has 5 heteroatoms. The number of halogens is 2. The Morgan fingerprint density at radius 1 is 1.77 bits per heavy atom. The summed E-state index contributed by atoms with van der Waals surface area (Å²) in [5.74, 6) is -0.976. The van der Waals surface area contributed by atoms with Crippen LogP contribution in [0.15, 0.2) is 6.07 Å². The molecule has 0 aliphatic rings. The molecular formula is C8H7BrClNO2. The summed E-state index contributed by atoms with van der Waals surface area (Å²) in [6.45, 7) is 1.70. The molecule has 0 saturated heterocycles. The maximum Gasteiger partial charge on any atom is 0.337 e. The zero-order valence-electron chi connectivity index (χ0n) is 6.84. The van der Waals surface area contributed by atoms with E-state index in [0.717, 1.165) is 0 Å². The Labute approximate surface area is 88.9 Å². The molecule has 0 fully saturated rings. The van der Waals surface area contributed by atoms with Crippen LogP contribution in [0.3, 0.4) is 0 Å². The van der Waals surface area contributed by atoms with Gasteiger partial charge in [0.1, 0.15) is 5.15 Å². The summed E-state index contributed by atoms with van der Waals surface area (Å²) in [4.78, 5) is 14.7. The van der Waals surface area contributed by atoms with Crippen molar-refractivity contribution in [2.24, 2.45) is 0 Å². The van der Waals surface area contributed by atoms with Gasteiger partial charge in [0.15, 0.2) is 0 Å². The van der Waals surface area contributed by atoms with Gasteiger partial charge in [-0.3, -0.25) is 0 Å². The van der Waals surface area contributed by atoms with Gasteiger partial charge >= 0.3 is 5.97 Å². The molecule has 0 amide bonds. The topological polar surface area (TPSA) is 50.2 Å². The van der Waals surface area contributed by atoms with Crippen molar-refractivity contribution in [1.29, 1.82) is 0 Å². The van der Waals surface area contributed by atoms with Crippen molar-refractivity contribution in [3.8, 4) is 0 Å². The van der Waals surface area contributed by atoms with E-state index in [1.165, 1.54) is 6.07 Å². The van der Waals surface area contributed by atoms with Crippen LogP contribution in [-0.4, -0.2) is 16.1 Å². The molecule has 0 aliphatic heterocycles. The average molecular weight is 265 g/mol.